The second-order valence-electron chi connectivity index (χ2n) is 7.32. The normalized spacial score (nSPS) is 11.7. The predicted molar refractivity (Wildman–Crippen MR) is 124 cm³/mol. The van der Waals surface area contributed by atoms with E-state index < -0.39 is 0 Å². The zero-order chi connectivity index (χ0) is 21.6. The van der Waals surface area contributed by atoms with Crippen LogP contribution in [0.2, 0.25) is 0 Å². The van der Waals surface area contributed by atoms with Crippen molar-refractivity contribution in [1.29, 1.82) is 0 Å². The molecule has 0 saturated heterocycles. The van der Waals surface area contributed by atoms with Crippen LogP contribution in [-0.2, 0) is 0 Å². The van der Waals surface area contributed by atoms with Gasteiger partial charge in [-0.05, 0) is 26.0 Å². The van der Waals surface area contributed by atoms with Crippen LogP contribution >= 0.6 is 0 Å². The second-order valence-corrected chi connectivity index (χ2v) is 7.32. The van der Waals surface area contributed by atoms with E-state index in [4.69, 9.17) is 4.42 Å². The molecule has 0 aliphatic carbocycles. The summed E-state index contributed by atoms with van der Waals surface area (Å²) in [6, 6.07) is 26.7. The molecule has 1 aromatic heterocycles. The Morgan fingerprint density at radius 2 is 1.35 bits per heavy atom. The fraction of sp³-hybridized carbons (Fsp3) is 0.0741. The van der Waals surface area contributed by atoms with Gasteiger partial charge < -0.3 is 4.42 Å². The summed E-state index contributed by atoms with van der Waals surface area (Å²) in [5.41, 5.74) is 5.71. The average Bonchev–Trinajstić information content (AvgIpc) is 3.31. The lowest BCUT2D eigenvalue weighted by molar-refractivity contribution is 0.103. The van der Waals surface area contributed by atoms with Gasteiger partial charge in [0, 0.05) is 22.3 Å². The summed E-state index contributed by atoms with van der Waals surface area (Å²) in [6.07, 6.45) is 3.14. The van der Waals surface area contributed by atoms with Crippen molar-refractivity contribution in [3.05, 3.63) is 130 Å². The van der Waals surface area contributed by atoms with Crippen LogP contribution in [0.5, 0.6) is 0 Å². The van der Waals surface area contributed by atoms with Gasteiger partial charge in [-0.15, -0.1) is 5.10 Å². The minimum atomic E-state index is -0.0505. The lowest BCUT2D eigenvalue weighted by Crippen LogP contribution is -2.12. The minimum Gasteiger partial charge on any atom is -0.463 e. The number of hydrogen-bond acceptors (Lipinski definition) is 4. The van der Waals surface area contributed by atoms with Crippen molar-refractivity contribution >= 4 is 17.7 Å². The molecule has 4 heteroatoms. The van der Waals surface area contributed by atoms with Crippen LogP contribution in [-0.4, -0.2) is 17.7 Å². The molecular formula is C27H22N2O2. The van der Waals surface area contributed by atoms with E-state index in [1.807, 2.05) is 86.6 Å². The van der Waals surface area contributed by atoms with Gasteiger partial charge in [-0.25, -0.2) is 0 Å². The lowest BCUT2D eigenvalue weighted by Gasteiger charge is -2.12. The van der Waals surface area contributed by atoms with Gasteiger partial charge in [0.1, 0.15) is 11.5 Å². The fourth-order valence-electron chi connectivity index (χ4n) is 3.23. The molecule has 31 heavy (non-hydrogen) atoms. The molecule has 0 fully saturated rings. The van der Waals surface area contributed by atoms with Gasteiger partial charge in [0.15, 0.2) is 5.78 Å². The van der Waals surface area contributed by atoms with E-state index in [0.29, 0.717) is 22.6 Å². The largest absolute Gasteiger partial charge is 0.463 e. The SMILES string of the molecule is Cc1ccc(C(=O)c2ccccc2/C(=N/N=C\c2ccco2)c2ccc(C)cc2)cc1. The van der Waals surface area contributed by atoms with Crippen LogP contribution in [0.15, 0.2) is 106 Å². The summed E-state index contributed by atoms with van der Waals surface area (Å²) < 4.78 is 5.30. The van der Waals surface area contributed by atoms with E-state index in [9.17, 15) is 4.79 Å². The molecular weight excluding hydrogens is 384 g/mol. The van der Waals surface area contributed by atoms with Crippen molar-refractivity contribution in [1.82, 2.24) is 0 Å². The molecule has 1 heterocycles. The topological polar surface area (TPSA) is 54.9 Å². The van der Waals surface area contributed by atoms with Crippen molar-refractivity contribution < 1.29 is 9.21 Å². The number of ketones is 1. The molecule has 0 atom stereocenters. The van der Waals surface area contributed by atoms with E-state index in [2.05, 4.69) is 10.2 Å². The Balaban J connectivity index is 1.80. The Hall–Kier alpha value is -4.05. The summed E-state index contributed by atoms with van der Waals surface area (Å²) in [5, 5.41) is 8.73. The van der Waals surface area contributed by atoms with Gasteiger partial charge in [0.2, 0.25) is 0 Å². The third kappa shape index (κ3) is 4.75. The maximum atomic E-state index is 13.3. The number of furan rings is 1. The van der Waals surface area contributed by atoms with Crippen molar-refractivity contribution in [2.75, 3.05) is 0 Å². The first-order chi connectivity index (χ1) is 15.1. The number of carbonyl (C=O) groups excluding carboxylic acids is 1. The molecule has 0 aliphatic rings. The molecule has 0 unspecified atom stereocenters. The monoisotopic (exact) mass is 406 g/mol. The Labute approximate surface area is 181 Å². The maximum absolute atomic E-state index is 13.3. The number of nitrogens with zero attached hydrogens (tertiary/aromatic N) is 2. The van der Waals surface area contributed by atoms with Gasteiger partial charge in [-0.1, -0.05) is 83.9 Å². The van der Waals surface area contributed by atoms with E-state index in [-0.39, 0.29) is 5.78 Å². The van der Waals surface area contributed by atoms with Crippen LogP contribution in [0.3, 0.4) is 0 Å². The summed E-state index contributed by atoms with van der Waals surface area (Å²) in [4.78, 5) is 13.3. The van der Waals surface area contributed by atoms with Crippen LogP contribution < -0.4 is 0 Å². The third-order valence-corrected chi connectivity index (χ3v) is 4.95. The summed E-state index contributed by atoms with van der Waals surface area (Å²) in [7, 11) is 0. The molecule has 152 valence electrons. The highest BCUT2D eigenvalue weighted by Gasteiger charge is 2.18. The predicted octanol–water partition coefficient (Wildman–Crippen LogP) is 6.00. The number of rotatable bonds is 6. The van der Waals surface area contributed by atoms with Crippen molar-refractivity contribution in [2.45, 2.75) is 13.8 Å². The van der Waals surface area contributed by atoms with Crippen LogP contribution in [0.1, 0.15) is 43.9 Å². The molecule has 4 rings (SSSR count). The summed E-state index contributed by atoms with van der Waals surface area (Å²) in [5.74, 6) is 0.557. The van der Waals surface area contributed by atoms with Crippen molar-refractivity contribution in [3.8, 4) is 0 Å². The van der Waals surface area contributed by atoms with Gasteiger partial charge in [-0.2, -0.15) is 5.10 Å². The molecule has 0 saturated carbocycles. The highest BCUT2D eigenvalue weighted by Crippen LogP contribution is 2.20. The first-order valence-corrected chi connectivity index (χ1v) is 10.0. The lowest BCUT2D eigenvalue weighted by atomic mass is 9.92. The Morgan fingerprint density at radius 3 is 1.97 bits per heavy atom. The summed E-state index contributed by atoms with van der Waals surface area (Å²) >= 11 is 0. The number of carbonyl (C=O) groups is 1. The zero-order valence-corrected chi connectivity index (χ0v) is 17.4. The molecule has 3 aromatic carbocycles. The van der Waals surface area contributed by atoms with Crippen molar-refractivity contribution in [2.24, 2.45) is 10.2 Å². The van der Waals surface area contributed by atoms with Gasteiger partial charge in [0.05, 0.1) is 12.5 Å². The Kier molecular flexibility index (Phi) is 5.99. The summed E-state index contributed by atoms with van der Waals surface area (Å²) in [6.45, 7) is 4.03. The number of benzene rings is 3. The molecule has 0 amide bonds. The van der Waals surface area contributed by atoms with Crippen molar-refractivity contribution in [3.63, 3.8) is 0 Å². The molecule has 0 aliphatic heterocycles. The van der Waals surface area contributed by atoms with E-state index in [1.165, 1.54) is 0 Å². The van der Waals surface area contributed by atoms with E-state index in [1.54, 1.807) is 24.6 Å². The Bertz CT molecular complexity index is 1230. The standard InChI is InChI=1S/C27H22N2O2/c1-19-9-13-21(14-10-19)26(29-28-18-23-6-5-17-31-23)24-7-3-4-8-25(24)27(30)22-15-11-20(2)12-16-22/h3-18H,1-2H3/b28-18-,29-26+. The van der Waals surface area contributed by atoms with Crippen LogP contribution in [0.4, 0.5) is 0 Å². The Morgan fingerprint density at radius 1 is 0.742 bits per heavy atom. The zero-order valence-electron chi connectivity index (χ0n) is 17.4. The molecule has 4 aromatic rings. The van der Waals surface area contributed by atoms with Gasteiger partial charge in [0.25, 0.3) is 0 Å². The van der Waals surface area contributed by atoms with E-state index >= 15 is 0 Å². The van der Waals surface area contributed by atoms with Crippen LogP contribution in [0.25, 0.3) is 0 Å². The quantitative estimate of drug-likeness (QED) is 0.224. The molecule has 0 spiro atoms. The first-order valence-electron chi connectivity index (χ1n) is 10.0. The average molecular weight is 406 g/mol. The van der Waals surface area contributed by atoms with Gasteiger partial charge >= 0.3 is 0 Å². The molecule has 0 bridgehead atoms. The minimum absolute atomic E-state index is 0.0505. The van der Waals surface area contributed by atoms with E-state index in [0.717, 1.165) is 22.3 Å². The number of aryl methyl sites for hydroxylation is 2. The third-order valence-electron chi connectivity index (χ3n) is 4.95. The molecule has 0 radical (unpaired) electrons. The second kappa shape index (κ2) is 9.18. The number of hydrogen-bond donors (Lipinski definition) is 0. The van der Waals surface area contributed by atoms with Crippen LogP contribution in [0, 0.1) is 13.8 Å². The van der Waals surface area contributed by atoms with Gasteiger partial charge in [-0.3, -0.25) is 4.79 Å². The first kappa shape index (κ1) is 20.2. The highest BCUT2D eigenvalue weighted by molar-refractivity contribution is 6.21. The molecule has 0 N–H and O–H groups in total. The maximum Gasteiger partial charge on any atom is 0.193 e. The fourth-order valence-corrected chi connectivity index (χ4v) is 3.23. The smallest absolute Gasteiger partial charge is 0.193 e. The highest BCUT2D eigenvalue weighted by atomic mass is 16.3. The molecule has 4 nitrogen and oxygen atoms in total.